The Balaban J connectivity index is 1.55. The number of halogens is 1. The van der Waals surface area contributed by atoms with Crippen LogP contribution in [0.5, 0.6) is 0 Å². The molecule has 1 atom stereocenters. The van der Waals surface area contributed by atoms with Gasteiger partial charge in [-0.15, -0.1) is 11.8 Å². The molecule has 0 spiro atoms. The number of nitrogens with one attached hydrogen (secondary N) is 3. The monoisotopic (exact) mass is 628 g/mol. The molecule has 4 aromatic carbocycles. The molecule has 3 N–H and O–H groups in total. The molecule has 224 valence electrons. The Bertz CT molecular complexity index is 1730. The molecule has 4 aromatic rings. The molecule has 0 heterocycles. The number of nitro groups is 1. The van der Waals surface area contributed by atoms with Gasteiger partial charge in [-0.1, -0.05) is 61.0 Å². The molecule has 0 saturated heterocycles. The molecule has 0 aliphatic rings. The fourth-order valence-electron chi connectivity index (χ4n) is 4.15. The summed E-state index contributed by atoms with van der Waals surface area (Å²) in [6.45, 7) is 3.79. The number of hydrogen-bond acceptors (Lipinski definition) is 6. The van der Waals surface area contributed by atoms with Crippen LogP contribution in [0, 0.1) is 17.0 Å². The third-order valence-electron chi connectivity index (χ3n) is 6.45. The van der Waals surface area contributed by atoms with Gasteiger partial charge in [0.1, 0.15) is 5.70 Å². The number of aryl methyl sites for hydroxylation is 1. The highest BCUT2D eigenvalue weighted by atomic mass is 35.5. The topological polar surface area (TPSA) is 130 Å². The van der Waals surface area contributed by atoms with Crippen molar-refractivity contribution in [1.29, 1.82) is 0 Å². The number of hydrogen-bond donors (Lipinski definition) is 3. The van der Waals surface area contributed by atoms with E-state index in [-0.39, 0.29) is 22.9 Å². The molecule has 9 nitrogen and oxygen atoms in total. The molecule has 0 aromatic heterocycles. The van der Waals surface area contributed by atoms with E-state index in [1.807, 2.05) is 26.0 Å². The molecule has 0 radical (unpaired) electrons. The van der Waals surface area contributed by atoms with Crippen LogP contribution >= 0.6 is 23.4 Å². The third kappa shape index (κ3) is 8.56. The number of nitro benzene ring substituents is 1. The molecule has 0 aliphatic heterocycles. The highest BCUT2D eigenvalue weighted by Crippen LogP contribution is 2.30. The summed E-state index contributed by atoms with van der Waals surface area (Å²) in [7, 11) is 0. The average molecular weight is 629 g/mol. The summed E-state index contributed by atoms with van der Waals surface area (Å²) >= 11 is 7.44. The lowest BCUT2D eigenvalue weighted by molar-refractivity contribution is -0.385. The number of rotatable bonds is 11. The first-order valence-corrected chi connectivity index (χ1v) is 14.9. The van der Waals surface area contributed by atoms with Crippen molar-refractivity contribution in [2.45, 2.75) is 30.4 Å². The Morgan fingerprint density at radius 3 is 2.39 bits per heavy atom. The lowest BCUT2D eigenvalue weighted by Crippen LogP contribution is -2.30. The van der Waals surface area contributed by atoms with E-state index < -0.39 is 22.0 Å². The van der Waals surface area contributed by atoms with Gasteiger partial charge < -0.3 is 16.0 Å². The fraction of sp³-hybridized carbons (Fsp3) is 0.121. The first kappa shape index (κ1) is 32.0. The molecule has 0 bridgehead atoms. The second kappa shape index (κ2) is 15.0. The molecule has 4 rings (SSSR count). The van der Waals surface area contributed by atoms with Gasteiger partial charge in [0.05, 0.1) is 15.7 Å². The summed E-state index contributed by atoms with van der Waals surface area (Å²) in [4.78, 5) is 51.3. The maximum absolute atomic E-state index is 13.5. The number of carbonyl (C=O) groups excluding carboxylic acids is 3. The molecule has 0 saturated carbocycles. The molecular weight excluding hydrogens is 600 g/mol. The quantitative estimate of drug-likeness (QED) is 0.0683. The van der Waals surface area contributed by atoms with Crippen molar-refractivity contribution in [3.05, 3.63) is 135 Å². The van der Waals surface area contributed by atoms with Gasteiger partial charge in [0.15, 0.2) is 0 Å². The molecular formula is C33H29ClN4O5S. The van der Waals surface area contributed by atoms with Crippen molar-refractivity contribution >= 4 is 64.2 Å². The standard InChI is InChI=1S/C33H29ClN4O5S/c1-3-30(33(41)36-27-19-24(34)17-16-21(27)2)44-26-14-9-13-25(20-26)35-32(40)28(37-31(39)22-10-5-4-6-11-22)18-23-12-7-8-15-29(23)38(42)43/h4-20,30H,3H2,1-2H3,(H,35,40)(H,36,41)(H,37,39)/b28-18+. The first-order chi connectivity index (χ1) is 21.1. The molecule has 11 heteroatoms. The highest BCUT2D eigenvalue weighted by molar-refractivity contribution is 8.00. The van der Waals surface area contributed by atoms with Crippen molar-refractivity contribution in [2.24, 2.45) is 0 Å². The van der Waals surface area contributed by atoms with E-state index in [1.165, 1.54) is 36.0 Å². The zero-order valence-electron chi connectivity index (χ0n) is 23.9. The Hall–Kier alpha value is -4.93. The van der Waals surface area contributed by atoms with Crippen LogP contribution in [0.3, 0.4) is 0 Å². The minimum absolute atomic E-state index is 0.145. The summed E-state index contributed by atoms with van der Waals surface area (Å²) in [5.41, 5.74) is 1.98. The first-order valence-electron chi connectivity index (χ1n) is 13.6. The van der Waals surface area contributed by atoms with Gasteiger partial charge >= 0.3 is 0 Å². The lowest BCUT2D eigenvalue weighted by Gasteiger charge is -2.17. The van der Waals surface area contributed by atoms with Crippen LogP contribution in [0.15, 0.2) is 108 Å². The largest absolute Gasteiger partial charge is 0.325 e. The number of para-hydroxylation sites is 1. The molecule has 3 amide bonds. The lowest BCUT2D eigenvalue weighted by atomic mass is 10.1. The average Bonchev–Trinajstić information content (AvgIpc) is 3.02. The maximum atomic E-state index is 13.5. The van der Waals surface area contributed by atoms with E-state index in [9.17, 15) is 24.5 Å². The van der Waals surface area contributed by atoms with Gasteiger partial charge in [-0.05, 0) is 73.5 Å². The van der Waals surface area contributed by atoms with E-state index in [0.717, 1.165) is 10.5 Å². The SMILES string of the molecule is CCC(Sc1cccc(NC(=O)/C(=C\c2ccccc2[N+](=O)[O-])NC(=O)c2ccccc2)c1)C(=O)Nc1cc(Cl)ccc1C. The number of amides is 3. The van der Waals surface area contributed by atoms with Crippen LogP contribution in [0.25, 0.3) is 6.08 Å². The van der Waals surface area contributed by atoms with Crippen molar-refractivity contribution in [2.75, 3.05) is 10.6 Å². The van der Waals surface area contributed by atoms with Crippen LogP contribution < -0.4 is 16.0 Å². The van der Waals surface area contributed by atoms with E-state index >= 15 is 0 Å². The Morgan fingerprint density at radius 1 is 0.932 bits per heavy atom. The number of anilines is 2. The number of nitrogens with zero attached hydrogens (tertiary/aromatic N) is 1. The van der Waals surface area contributed by atoms with Gasteiger partial charge in [-0.3, -0.25) is 24.5 Å². The van der Waals surface area contributed by atoms with Gasteiger partial charge in [-0.25, -0.2) is 0 Å². The third-order valence-corrected chi connectivity index (χ3v) is 8.05. The minimum Gasteiger partial charge on any atom is -0.325 e. The van der Waals surface area contributed by atoms with Gasteiger partial charge in [-0.2, -0.15) is 0 Å². The number of carbonyl (C=O) groups is 3. The van der Waals surface area contributed by atoms with E-state index in [2.05, 4.69) is 16.0 Å². The van der Waals surface area contributed by atoms with Crippen molar-refractivity contribution in [3.8, 4) is 0 Å². The zero-order chi connectivity index (χ0) is 31.6. The molecule has 44 heavy (non-hydrogen) atoms. The second-order valence-corrected chi connectivity index (χ2v) is 11.4. The second-order valence-electron chi connectivity index (χ2n) is 9.64. The fourth-order valence-corrected chi connectivity index (χ4v) is 5.33. The van der Waals surface area contributed by atoms with Crippen LogP contribution in [0.1, 0.15) is 34.8 Å². The molecule has 0 fully saturated rings. The van der Waals surface area contributed by atoms with Crippen LogP contribution in [-0.2, 0) is 9.59 Å². The molecule has 1 unspecified atom stereocenters. The predicted molar refractivity (Wildman–Crippen MR) is 175 cm³/mol. The predicted octanol–water partition coefficient (Wildman–Crippen LogP) is 7.48. The number of benzene rings is 4. The van der Waals surface area contributed by atoms with Crippen LogP contribution in [0.2, 0.25) is 5.02 Å². The van der Waals surface area contributed by atoms with Crippen molar-refractivity contribution in [3.63, 3.8) is 0 Å². The Morgan fingerprint density at radius 2 is 1.66 bits per heavy atom. The summed E-state index contributed by atoms with van der Waals surface area (Å²) < 4.78 is 0. The highest BCUT2D eigenvalue weighted by Gasteiger charge is 2.21. The minimum atomic E-state index is -0.684. The van der Waals surface area contributed by atoms with Crippen LogP contribution in [-0.4, -0.2) is 27.9 Å². The molecule has 0 aliphatic carbocycles. The van der Waals surface area contributed by atoms with Gasteiger partial charge in [0.2, 0.25) is 5.91 Å². The van der Waals surface area contributed by atoms with Gasteiger partial charge in [0, 0.05) is 32.9 Å². The Kier molecular flexibility index (Phi) is 10.9. The van der Waals surface area contributed by atoms with E-state index in [4.69, 9.17) is 11.6 Å². The van der Waals surface area contributed by atoms with Crippen LogP contribution in [0.4, 0.5) is 17.1 Å². The summed E-state index contributed by atoms with van der Waals surface area (Å²) in [5, 5.41) is 20.0. The summed E-state index contributed by atoms with van der Waals surface area (Å²) in [6.07, 6.45) is 1.81. The Labute approximate surface area is 263 Å². The van der Waals surface area contributed by atoms with Gasteiger partial charge in [0.25, 0.3) is 17.5 Å². The zero-order valence-corrected chi connectivity index (χ0v) is 25.4. The maximum Gasteiger partial charge on any atom is 0.276 e. The van der Waals surface area contributed by atoms with Crippen molar-refractivity contribution < 1.29 is 19.3 Å². The normalized spacial score (nSPS) is 11.8. The van der Waals surface area contributed by atoms with E-state index in [0.29, 0.717) is 28.4 Å². The smallest absolute Gasteiger partial charge is 0.276 e. The van der Waals surface area contributed by atoms with Crippen molar-refractivity contribution in [1.82, 2.24) is 5.32 Å². The summed E-state index contributed by atoms with van der Waals surface area (Å²) in [5.74, 6) is -1.42. The summed E-state index contributed by atoms with van der Waals surface area (Å²) in [6, 6.07) is 26.4. The van der Waals surface area contributed by atoms with E-state index in [1.54, 1.807) is 66.7 Å². The number of thioether (sulfide) groups is 1.